The van der Waals surface area contributed by atoms with Crippen LogP contribution in [0.3, 0.4) is 0 Å². The highest BCUT2D eigenvalue weighted by molar-refractivity contribution is 4.94. The van der Waals surface area contributed by atoms with Gasteiger partial charge in [-0.05, 0) is 33.2 Å². The third-order valence-corrected chi connectivity index (χ3v) is 4.00. The maximum absolute atomic E-state index is 6.19. The van der Waals surface area contributed by atoms with Gasteiger partial charge in [0.05, 0.1) is 18.2 Å². The molecule has 0 saturated heterocycles. The third-order valence-electron chi connectivity index (χ3n) is 4.00. The molecular formula is C15H31NO2. The van der Waals surface area contributed by atoms with Crippen LogP contribution in [0.15, 0.2) is 0 Å². The molecule has 0 radical (unpaired) electrons. The smallest absolute Gasteiger partial charge is 0.0857 e. The van der Waals surface area contributed by atoms with Crippen molar-refractivity contribution in [2.45, 2.75) is 70.4 Å². The van der Waals surface area contributed by atoms with Crippen molar-refractivity contribution in [3.8, 4) is 0 Å². The summed E-state index contributed by atoms with van der Waals surface area (Å²) in [5, 5.41) is 3.43. The van der Waals surface area contributed by atoms with Gasteiger partial charge in [-0.15, -0.1) is 0 Å². The Morgan fingerprint density at radius 3 is 2.28 bits per heavy atom. The number of rotatable bonds is 8. The Balaban J connectivity index is 2.64. The number of nitrogens with one attached hydrogen (secondary N) is 1. The molecule has 1 atom stereocenters. The number of hydrogen-bond acceptors (Lipinski definition) is 3. The van der Waals surface area contributed by atoms with E-state index >= 15 is 0 Å². The van der Waals surface area contributed by atoms with Crippen LogP contribution in [-0.4, -0.2) is 38.5 Å². The van der Waals surface area contributed by atoms with Gasteiger partial charge in [-0.2, -0.15) is 0 Å². The number of likely N-dealkylation sites (N-methyl/N-ethyl adjacent to an activating group) is 1. The lowest BCUT2D eigenvalue weighted by Gasteiger charge is -2.40. The fourth-order valence-electron chi connectivity index (χ4n) is 3.05. The first-order chi connectivity index (χ1) is 8.79. The zero-order valence-electron chi connectivity index (χ0n) is 12.5. The Morgan fingerprint density at radius 2 is 1.78 bits per heavy atom. The van der Waals surface area contributed by atoms with E-state index in [2.05, 4.69) is 19.2 Å². The Bertz CT molecular complexity index is 201. The third kappa shape index (κ3) is 4.52. The van der Waals surface area contributed by atoms with Gasteiger partial charge in [-0.3, -0.25) is 0 Å². The van der Waals surface area contributed by atoms with E-state index in [-0.39, 0.29) is 5.60 Å². The molecule has 3 heteroatoms. The summed E-state index contributed by atoms with van der Waals surface area (Å²) >= 11 is 0. The standard InChI is InChI=1S/C15H31NO2/c1-4-12-17-13-14(16-3)15(18-5-2)10-8-6-7-9-11-15/h14,16H,4-13H2,1-3H3. The van der Waals surface area contributed by atoms with E-state index in [4.69, 9.17) is 9.47 Å². The molecule has 0 aromatic rings. The van der Waals surface area contributed by atoms with Crippen LogP contribution >= 0.6 is 0 Å². The van der Waals surface area contributed by atoms with Crippen LogP contribution in [0.2, 0.25) is 0 Å². The summed E-state index contributed by atoms with van der Waals surface area (Å²) in [7, 11) is 2.03. The van der Waals surface area contributed by atoms with Crippen LogP contribution in [0.4, 0.5) is 0 Å². The fraction of sp³-hybridized carbons (Fsp3) is 1.00. The first-order valence-corrected chi connectivity index (χ1v) is 7.68. The molecule has 0 aromatic carbocycles. The molecule has 3 nitrogen and oxygen atoms in total. The molecule has 1 unspecified atom stereocenters. The average Bonchev–Trinajstić information content (AvgIpc) is 2.62. The molecule has 1 saturated carbocycles. The molecular weight excluding hydrogens is 226 g/mol. The summed E-state index contributed by atoms with van der Waals surface area (Å²) in [5.74, 6) is 0. The minimum Gasteiger partial charge on any atom is -0.380 e. The van der Waals surface area contributed by atoms with Crippen LogP contribution < -0.4 is 5.32 Å². The van der Waals surface area contributed by atoms with Gasteiger partial charge in [0, 0.05) is 13.2 Å². The second-order valence-corrected chi connectivity index (χ2v) is 5.33. The lowest BCUT2D eigenvalue weighted by Crippen LogP contribution is -2.54. The van der Waals surface area contributed by atoms with Gasteiger partial charge in [0.2, 0.25) is 0 Å². The van der Waals surface area contributed by atoms with Crippen molar-refractivity contribution in [3.05, 3.63) is 0 Å². The lowest BCUT2D eigenvalue weighted by atomic mass is 9.86. The van der Waals surface area contributed by atoms with Crippen molar-refractivity contribution >= 4 is 0 Å². The van der Waals surface area contributed by atoms with E-state index in [1.54, 1.807) is 0 Å². The van der Waals surface area contributed by atoms with E-state index in [9.17, 15) is 0 Å². The Morgan fingerprint density at radius 1 is 1.11 bits per heavy atom. The lowest BCUT2D eigenvalue weighted by molar-refractivity contribution is -0.0923. The number of hydrogen-bond donors (Lipinski definition) is 1. The summed E-state index contributed by atoms with van der Waals surface area (Å²) in [6.45, 7) is 6.67. The second kappa shape index (κ2) is 8.89. The van der Waals surface area contributed by atoms with Crippen molar-refractivity contribution < 1.29 is 9.47 Å². The summed E-state index contributed by atoms with van der Waals surface area (Å²) in [4.78, 5) is 0. The second-order valence-electron chi connectivity index (χ2n) is 5.33. The van der Waals surface area contributed by atoms with Crippen LogP contribution in [0.1, 0.15) is 58.8 Å². The summed E-state index contributed by atoms with van der Waals surface area (Å²) < 4.78 is 12.0. The van der Waals surface area contributed by atoms with Gasteiger partial charge in [-0.1, -0.05) is 32.6 Å². The van der Waals surface area contributed by atoms with Gasteiger partial charge in [0.25, 0.3) is 0 Å². The van der Waals surface area contributed by atoms with Crippen molar-refractivity contribution in [3.63, 3.8) is 0 Å². The molecule has 0 spiro atoms. The normalized spacial score (nSPS) is 21.5. The fourth-order valence-corrected chi connectivity index (χ4v) is 3.05. The molecule has 0 aromatic heterocycles. The predicted molar refractivity (Wildman–Crippen MR) is 76.0 cm³/mol. The molecule has 0 amide bonds. The van der Waals surface area contributed by atoms with Crippen LogP contribution in [0, 0.1) is 0 Å². The molecule has 0 bridgehead atoms. The summed E-state index contributed by atoms with van der Waals surface area (Å²) in [5.41, 5.74) is -0.00621. The minimum atomic E-state index is -0.00621. The molecule has 1 rings (SSSR count). The van der Waals surface area contributed by atoms with Gasteiger partial charge >= 0.3 is 0 Å². The SMILES string of the molecule is CCCOCC(NC)C1(OCC)CCCCCC1. The monoisotopic (exact) mass is 257 g/mol. The molecule has 1 fully saturated rings. The zero-order chi connectivity index (χ0) is 13.3. The van der Waals surface area contributed by atoms with Crippen LogP contribution in [0.5, 0.6) is 0 Å². The Labute approximate surface area is 113 Å². The van der Waals surface area contributed by atoms with Crippen LogP contribution in [0.25, 0.3) is 0 Å². The largest absolute Gasteiger partial charge is 0.380 e. The molecule has 108 valence electrons. The first-order valence-electron chi connectivity index (χ1n) is 7.68. The molecule has 0 heterocycles. The maximum atomic E-state index is 6.19. The van der Waals surface area contributed by atoms with Gasteiger partial charge in [0.15, 0.2) is 0 Å². The van der Waals surface area contributed by atoms with E-state index in [1.165, 1.54) is 38.5 Å². The van der Waals surface area contributed by atoms with Gasteiger partial charge in [0.1, 0.15) is 0 Å². The topological polar surface area (TPSA) is 30.5 Å². The Kier molecular flexibility index (Phi) is 7.87. The van der Waals surface area contributed by atoms with Crippen LogP contribution in [-0.2, 0) is 9.47 Å². The Hall–Kier alpha value is -0.120. The molecule has 1 aliphatic rings. The molecule has 18 heavy (non-hydrogen) atoms. The minimum absolute atomic E-state index is 0.00621. The van der Waals surface area contributed by atoms with E-state index in [0.29, 0.717) is 6.04 Å². The van der Waals surface area contributed by atoms with Crippen molar-refractivity contribution in [2.24, 2.45) is 0 Å². The molecule has 0 aliphatic heterocycles. The van der Waals surface area contributed by atoms with Crippen molar-refractivity contribution in [2.75, 3.05) is 26.9 Å². The van der Waals surface area contributed by atoms with Gasteiger partial charge < -0.3 is 14.8 Å². The van der Waals surface area contributed by atoms with Crippen molar-refractivity contribution in [1.82, 2.24) is 5.32 Å². The maximum Gasteiger partial charge on any atom is 0.0857 e. The first kappa shape index (κ1) is 15.9. The average molecular weight is 257 g/mol. The predicted octanol–water partition coefficient (Wildman–Crippen LogP) is 3.13. The molecule has 1 N–H and O–H groups in total. The highest BCUT2D eigenvalue weighted by Crippen LogP contribution is 2.33. The van der Waals surface area contributed by atoms with Crippen molar-refractivity contribution in [1.29, 1.82) is 0 Å². The van der Waals surface area contributed by atoms with E-state index in [0.717, 1.165) is 26.2 Å². The van der Waals surface area contributed by atoms with E-state index < -0.39 is 0 Å². The van der Waals surface area contributed by atoms with Gasteiger partial charge in [-0.25, -0.2) is 0 Å². The quantitative estimate of drug-likeness (QED) is 0.535. The molecule has 1 aliphatic carbocycles. The van der Waals surface area contributed by atoms with E-state index in [1.807, 2.05) is 7.05 Å². The zero-order valence-corrected chi connectivity index (χ0v) is 12.5. The highest BCUT2D eigenvalue weighted by atomic mass is 16.5. The summed E-state index contributed by atoms with van der Waals surface area (Å²) in [6, 6.07) is 0.321. The summed E-state index contributed by atoms with van der Waals surface area (Å²) in [6.07, 6.45) is 8.68. The highest BCUT2D eigenvalue weighted by Gasteiger charge is 2.39. The number of ether oxygens (including phenoxy) is 2.